The van der Waals surface area contributed by atoms with Gasteiger partial charge in [0.1, 0.15) is 53.4 Å². The summed E-state index contributed by atoms with van der Waals surface area (Å²) in [7, 11) is 0. The summed E-state index contributed by atoms with van der Waals surface area (Å²) in [6.45, 7) is 1.51. The average molecular weight is 728 g/mol. The van der Waals surface area contributed by atoms with Crippen molar-refractivity contribution in [3.63, 3.8) is 0 Å². The topological polar surface area (TPSA) is 143 Å². The first-order chi connectivity index (χ1) is 24.2. The number of nitriles is 6. The Morgan fingerprint density at radius 2 is 0.788 bits per heavy atom. The molecule has 0 bridgehead atoms. The van der Waals surface area contributed by atoms with E-state index in [0.717, 1.165) is 43.3 Å². The Morgan fingerprint density at radius 3 is 1.13 bits per heavy atom. The van der Waals surface area contributed by atoms with Crippen molar-refractivity contribution in [2.24, 2.45) is 0 Å². The van der Waals surface area contributed by atoms with Crippen LogP contribution in [0.3, 0.4) is 0 Å². The lowest BCUT2D eigenvalue weighted by Gasteiger charge is -2.19. The number of aryl methyl sites for hydroxylation is 1. The Bertz CT molecular complexity index is 2460. The average Bonchev–Trinajstić information content (AvgIpc) is 3.79. The van der Waals surface area contributed by atoms with Crippen LogP contribution >= 0.6 is 0 Å². The van der Waals surface area contributed by atoms with E-state index >= 15 is 17.6 Å². The smallest absolute Gasteiger partial charge is 0.206 e. The van der Waals surface area contributed by atoms with Gasteiger partial charge in [-0.05, 0) is 31.5 Å². The molecule has 1 aliphatic rings. The Hall–Kier alpha value is -7.02. The van der Waals surface area contributed by atoms with Crippen LogP contribution in [-0.4, -0.2) is 0 Å². The predicted octanol–water partition coefficient (Wildman–Crippen LogP) is 9.04. The molecule has 0 aromatic heterocycles. The molecule has 0 saturated heterocycles. The summed E-state index contributed by atoms with van der Waals surface area (Å²) in [5.74, 6) is -13.2. The van der Waals surface area contributed by atoms with Crippen molar-refractivity contribution < 1.29 is 52.7 Å². The van der Waals surface area contributed by atoms with Gasteiger partial charge in [0, 0.05) is 27.8 Å². The van der Waals surface area contributed by atoms with Gasteiger partial charge >= 0.3 is 12.4 Å². The highest BCUT2D eigenvalue weighted by molar-refractivity contribution is 6.12. The quantitative estimate of drug-likeness (QED) is 0.150. The highest BCUT2D eigenvalue weighted by Gasteiger charge is 2.48. The van der Waals surface area contributed by atoms with Crippen LogP contribution < -0.4 is 0 Å². The lowest BCUT2D eigenvalue weighted by molar-refractivity contribution is -0.143. The number of alkyl halides is 6. The number of benzene rings is 3. The first kappa shape index (κ1) is 37.8. The lowest BCUT2D eigenvalue weighted by atomic mass is 9.90. The molecule has 0 N–H and O–H groups in total. The molecule has 0 amide bonds. The van der Waals surface area contributed by atoms with E-state index in [9.17, 15) is 56.2 Å². The Labute approximate surface area is 283 Å². The normalized spacial score (nSPS) is 15.3. The van der Waals surface area contributed by atoms with Crippen molar-refractivity contribution in [3.05, 3.63) is 119 Å². The number of hydrogen-bond donors (Lipinski definition) is 0. The molecule has 3 aromatic carbocycles. The number of nitrogens with zero attached hydrogens (tertiary/aromatic N) is 6. The van der Waals surface area contributed by atoms with Crippen molar-refractivity contribution in [2.45, 2.75) is 26.2 Å². The molecule has 1 fully saturated rings. The van der Waals surface area contributed by atoms with E-state index in [-0.39, 0.29) is 12.1 Å². The fraction of sp³-hybridized carbons (Fsp3) is 0.118. The summed E-state index contributed by atoms with van der Waals surface area (Å²) < 4.78 is 178. The monoisotopic (exact) mass is 728 g/mol. The molecular formula is C34H8F12N6. The van der Waals surface area contributed by atoms with E-state index < -0.39 is 136 Å². The lowest BCUT2D eigenvalue weighted by Crippen LogP contribution is -2.17. The molecule has 0 radical (unpaired) electrons. The van der Waals surface area contributed by atoms with Crippen LogP contribution in [0, 0.1) is 117 Å². The second-order valence-corrected chi connectivity index (χ2v) is 10.5. The molecule has 0 aliphatic heterocycles. The summed E-state index contributed by atoms with van der Waals surface area (Å²) in [6.07, 6.45) is -11.4. The fourth-order valence-corrected chi connectivity index (χ4v) is 5.37. The standard InChI is InChI=1S/C34H8F12N6/c1-11-3-19(33(41,42)43)21(20(4-11)34(44,45)46)16(8-50)22-23(17(9-51)25-27(35)12(2)13(5-47)29(37)31(25)39)24(22)18(10-52)26-28(36)14(6-48)15(7-49)30(38)32(26)40/h3-4H,1-2H3/b22-16-,23-17?,24-18-. The number of hydrogen-bond acceptors (Lipinski definition) is 6. The van der Waals surface area contributed by atoms with Crippen LogP contribution in [0.25, 0.3) is 16.7 Å². The van der Waals surface area contributed by atoms with Crippen LogP contribution in [-0.2, 0) is 12.4 Å². The zero-order valence-corrected chi connectivity index (χ0v) is 25.4. The van der Waals surface area contributed by atoms with Crippen LogP contribution in [0.15, 0.2) is 28.9 Å². The molecule has 3 aromatic rings. The maximum absolute atomic E-state index is 15.6. The third-order valence-electron chi connectivity index (χ3n) is 7.63. The molecule has 258 valence electrons. The zero-order chi connectivity index (χ0) is 39.4. The van der Waals surface area contributed by atoms with E-state index in [1.165, 1.54) is 0 Å². The second-order valence-electron chi connectivity index (χ2n) is 10.5. The summed E-state index contributed by atoms with van der Waals surface area (Å²) in [4.78, 5) is 0. The fourth-order valence-electron chi connectivity index (χ4n) is 5.37. The van der Waals surface area contributed by atoms with Gasteiger partial charge in [0.15, 0.2) is 29.1 Å². The summed E-state index contributed by atoms with van der Waals surface area (Å²) >= 11 is 0. The predicted molar refractivity (Wildman–Crippen MR) is 150 cm³/mol. The largest absolute Gasteiger partial charge is 0.417 e. The van der Waals surface area contributed by atoms with Gasteiger partial charge < -0.3 is 0 Å². The first-order valence-corrected chi connectivity index (χ1v) is 13.5. The molecule has 0 spiro atoms. The first-order valence-electron chi connectivity index (χ1n) is 13.5. The van der Waals surface area contributed by atoms with E-state index in [4.69, 9.17) is 10.5 Å². The minimum absolute atomic E-state index is 0.154. The molecule has 52 heavy (non-hydrogen) atoms. The minimum Gasteiger partial charge on any atom is -0.206 e. The van der Waals surface area contributed by atoms with Crippen molar-refractivity contribution in [1.29, 1.82) is 31.6 Å². The maximum atomic E-state index is 15.6. The molecule has 4 rings (SSSR count). The Balaban J connectivity index is 2.45. The number of halogens is 12. The molecule has 1 aliphatic carbocycles. The second kappa shape index (κ2) is 13.0. The number of rotatable bonds is 3. The van der Waals surface area contributed by atoms with Crippen LogP contribution in [0.2, 0.25) is 0 Å². The molecule has 6 nitrogen and oxygen atoms in total. The molecule has 0 unspecified atom stereocenters. The van der Waals surface area contributed by atoms with Crippen molar-refractivity contribution in [2.75, 3.05) is 0 Å². The van der Waals surface area contributed by atoms with Gasteiger partial charge in [-0.2, -0.15) is 57.9 Å². The van der Waals surface area contributed by atoms with E-state index in [2.05, 4.69) is 0 Å². The third kappa shape index (κ3) is 5.73. The SMILES string of the molecule is Cc1cc(C(F)(F)F)c(/C(C#N)=C2/C(=C(C#N)c3c(F)c(C)c(C#N)c(F)c3F)/C2=C(/C#N)c2c(F)c(F)c(C#N)c(C#N)c2F)c(C(F)(F)F)c1. The van der Waals surface area contributed by atoms with E-state index in [1.54, 1.807) is 0 Å². The number of allylic oxidation sites excluding steroid dienone is 6. The van der Waals surface area contributed by atoms with Crippen molar-refractivity contribution in [3.8, 4) is 36.4 Å². The van der Waals surface area contributed by atoms with Crippen LogP contribution in [0.4, 0.5) is 52.7 Å². The van der Waals surface area contributed by atoms with Gasteiger partial charge in [0.05, 0.1) is 44.5 Å². The van der Waals surface area contributed by atoms with Crippen LogP contribution in [0.5, 0.6) is 0 Å². The molecule has 0 atom stereocenters. The molecule has 0 heterocycles. The van der Waals surface area contributed by atoms with Gasteiger partial charge in [0.2, 0.25) is 0 Å². The Kier molecular flexibility index (Phi) is 9.47. The van der Waals surface area contributed by atoms with Crippen LogP contribution in [0.1, 0.15) is 55.6 Å². The van der Waals surface area contributed by atoms with E-state index in [1.807, 2.05) is 0 Å². The molecule has 18 heteroatoms. The molecular weight excluding hydrogens is 720 g/mol. The highest BCUT2D eigenvalue weighted by Crippen LogP contribution is 2.58. The maximum Gasteiger partial charge on any atom is 0.417 e. The summed E-state index contributed by atoms with van der Waals surface area (Å²) in [5, 5.41) is 57.8. The zero-order valence-electron chi connectivity index (χ0n) is 25.4. The minimum atomic E-state index is -5.70. The van der Waals surface area contributed by atoms with Crippen molar-refractivity contribution in [1.82, 2.24) is 0 Å². The Morgan fingerprint density at radius 1 is 0.462 bits per heavy atom. The van der Waals surface area contributed by atoms with Gasteiger partial charge in [-0.25, -0.2) is 26.3 Å². The van der Waals surface area contributed by atoms with Gasteiger partial charge in [0.25, 0.3) is 0 Å². The van der Waals surface area contributed by atoms with Gasteiger partial charge in [-0.3, -0.25) is 0 Å². The summed E-state index contributed by atoms with van der Waals surface area (Å²) in [5.41, 5.74) is -25.0. The van der Waals surface area contributed by atoms with Crippen molar-refractivity contribution >= 4 is 16.7 Å². The summed E-state index contributed by atoms with van der Waals surface area (Å²) in [6, 6.07) is 6.65. The highest BCUT2D eigenvalue weighted by atomic mass is 19.4. The van der Waals surface area contributed by atoms with Gasteiger partial charge in [-0.15, -0.1) is 0 Å². The van der Waals surface area contributed by atoms with E-state index in [0.29, 0.717) is 6.92 Å². The molecule has 1 saturated carbocycles. The third-order valence-corrected chi connectivity index (χ3v) is 7.63. The van der Waals surface area contributed by atoms with Gasteiger partial charge in [-0.1, -0.05) is 0 Å².